The summed E-state index contributed by atoms with van der Waals surface area (Å²) in [4.78, 5) is 0. The molecule has 0 radical (unpaired) electrons. The first-order valence-electron chi connectivity index (χ1n) is 5.91. The van der Waals surface area contributed by atoms with Crippen LogP contribution in [0.25, 0.3) is 0 Å². The summed E-state index contributed by atoms with van der Waals surface area (Å²) in [5.74, 6) is 0.488. The molecule has 16 heavy (non-hydrogen) atoms. The summed E-state index contributed by atoms with van der Waals surface area (Å²) in [7, 11) is 0. The van der Waals surface area contributed by atoms with Crippen molar-refractivity contribution in [2.75, 3.05) is 11.9 Å². The predicted molar refractivity (Wildman–Crippen MR) is 66.1 cm³/mol. The van der Waals surface area contributed by atoms with Gasteiger partial charge in [-0.25, -0.2) is 4.39 Å². The molecular weight excluding hydrogens is 201 g/mol. The lowest BCUT2D eigenvalue weighted by atomic mass is 9.94. The Morgan fingerprint density at radius 3 is 3.00 bits per heavy atom. The Morgan fingerprint density at radius 1 is 1.38 bits per heavy atom. The number of nitrogens with one attached hydrogen (secondary N) is 1. The van der Waals surface area contributed by atoms with Crippen molar-refractivity contribution in [3.05, 3.63) is 41.7 Å². The summed E-state index contributed by atoms with van der Waals surface area (Å²) in [5, 5.41) is 3.21. The van der Waals surface area contributed by atoms with Crippen molar-refractivity contribution in [2.24, 2.45) is 5.92 Å². The zero-order chi connectivity index (χ0) is 11.4. The van der Waals surface area contributed by atoms with Gasteiger partial charge in [0.05, 0.1) is 5.69 Å². The van der Waals surface area contributed by atoms with Crippen LogP contribution >= 0.6 is 0 Å². The number of rotatable bonds is 3. The van der Waals surface area contributed by atoms with Crippen molar-refractivity contribution in [1.29, 1.82) is 0 Å². The van der Waals surface area contributed by atoms with Crippen LogP contribution in [0.3, 0.4) is 0 Å². The van der Waals surface area contributed by atoms with Crippen LogP contribution in [0.2, 0.25) is 0 Å². The van der Waals surface area contributed by atoms with Gasteiger partial charge in [0.25, 0.3) is 0 Å². The van der Waals surface area contributed by atoms with Crippen molar-refractivity contribution in [3.63, 3.8) is 0 Å². The quantitative estimate of drug-likeness (QED) is 0.760. The van der Waals surface area contributed by atoms with Crippen molar-refractivity contribution in [3.8, 4) is 0 Å². The lowest BCUT2D eigenvalue weighted by molar-refractivity contribution is 0.502. The molecule has 1 nitrogen and oxygen atoms in total. The van der Waals surface area contributed by atoms with Crippen molar-refractivity contribution in [2.45, 2.75) is 26.2 Å². The van der Waals surface area contributed by atoms with E-state index in [0.717, 1.165) is 24.9 Å². The Morgan fingerprint density at radius 2 is 2.25 bits per heavy atom. The topological polar surface area (TPSA) is 12.0 Å². The van der Waals surface area contributed by atoms with Gasteiger partial charge < -0.3 is 5.32 Å². The maximum absolute atomic E-state index is 13.4. The fourth-order valence-electron chi connectivity index (χ4n) is 2.07. The monoisotopic (exact) mass is 219 g/mol. The van der Waals surface area contributed by atoms with Gasteiger partial charge in [-0.15, -0.1) is 0 Å². The summed E-state index contributed by atoms with van der Waals surface area (Å²) in [6.45, 7) is 2.85. The maximum Gasteiger partial charge on any atom is 0.146 e. The predicted octanol–water partition coefficient (Wildman–Crippen LogP) is 3.90. The van der Waals surface area contributed by atoms with E-state index in [9.17, 15) is 4.39 Å². The number of benzene rings is 1. The van der Waals surface area contributed by atoms with E-state index in [1.165, 1.54) is 12.5 Å². The molecule has 0 bridgehead atoms. The highest BCUT2D eigenvalue weighted by Gasteiger charge is 2.10. The molecule has 2 heteroatoms. The molecule has 0 fully saturated rings. The van der Waals surface area contributed by atoms with Crippen LogP contribution in [-0.2, 0) is 0 Å². The van der Waals surface area contributed by atoms with Crippen LogP contribution in [0.5, 0.6) is 0 Å². The minimum atomic E-state index is -0.156. The third kappa shape index (κ3) is 2.84. The summed E-state index contributed by atoms with van der Waals surface area (Å²) < 4.78 is 13.4. The van der Waals surface area contributed by atoms with Gasteiger partial charge in [-0.3, -0.25) is 0 Å². The summed E-state index contributed by atoms with van der Waals surface area (Å²) in [5.41, 5.74) is 1.72. The normalized spacial score (nSPS) is 19.8. The van der Waals surface area contributed by atoms with E-state index < -0.39 is 0 Å². The number of anilines is 1. The smallest absolute Gasteiger partial charge is 0.146 e. The highest BCUT2D eigenvalue weighted by Crippen LogP contribution is 2.21. The number of hydrogen-bond acceptors (Lipinski definition) is 1. The number of aryl methyl sites for hydroxylation is 1. The average molecular weight is 219 g/mol. The lowest BCUT2D eigenvalue weighted by Gasteiger charge is -2.19. The number of hydrogen-bond donors (Lipinski definition) is 1. The molecule has 0 spiro atoms. The first kappa shape index (κ1) is 11.2. The molecule has 0 amide bonds. The Kier molecular flexibility index (Phi) is 3.60. The molecule has 0 heterocycles. The van der Waals surface area contributed by atoms with E-state index >= 15 is 0 Å². The largest absolute Gasteiger partial charge is 0.382 e. The zero-order valence-electron chi connectivity index (χ0n) is 9.67. The van der Waals surface area contributed by atoms with Crippen LogP contribution in [0.4, 0.5) is 10.1 Å². The van der Waals surface area contributed by atoms with Crippen LogP contribution < -0.4 is 5.32 Å². The minimum absolute atomic E-state index is 0.156. The van der Waals surface area contributed by atoms with Gasteiger partial charge >= 0.3 is 0 Å². The van der Waals surface area contributed by atoms with E-state index in [4.69, 9.17) is 0 Å². The van der Waals surface area contributed by atoms with Gasteiger partial charge in [0, 0.05) is 6.54 Å². The second-order valence-electron chi connectivity index (χ2n) is 4.51. The maximum atomic E-state index is 13.4. The molecule has 1 aromatic rings. The van der Waals surface area contributed by atoms with Gasteiger partial charge in [-0.2, -0.15) is 0 Å². The third-order valence-electron chi connectivity index (χ3n) is 3.08. The first-order chi connectivity index (χ1) is 7.75. The highest BCUT2D eigenvalue weighted by atomic mass is 19.1. The van der Waals surface area contributed by atoms with E-state index in [1.807, 2.05) is 13.0 Å². The van der Waals surface area contributed by atoms with Crippen LogP contribution in [0.15, 0.2) is 30.4 Å². The van der Waals surface area contributed by atoms with Crippen molar-refractivity contribution >= 4 is 5.69 Å². The summed E-state index contributed by atoms with van der Waals surface area (Å²) in [6.07, 6.45) is 7.92. The van der Waals surface area contributed by atoms with Gasteiger partial charge in [-0.1, -0.05) is 18.2 Å². The molecule has 1 aliphatic carbocycles. The minimum Gasteiger partial charge on any atom is -0.382 e. The standard InChI is InChI=1S/C14H18FN/c1-11-7-8-13(15)14(9-11)16-10-12-5-3-2-4-6-12/h2-3,7-9,12,16H,4-6,10H2,1H3. The molecule has 0 saturated carbocycles. The molecular formula is C14H18FN. The zero-order valence-corrected chi connectivity index (χ0v) is 9.67. The van der Waals surface area contributed by atoms with Gasteiger partial charge in [0.2, 0.25) is 0 Å². The molecule has 1 unspecified atom stereocenters. The molecule has 0 aliphatic heterocycles. The summed E-state index contributed by atoms with van der Waals surface area (Å²) in [6, 6.07) is 5.19. The summed E-state index contributed by atoms with van der Waals surface area (Å²) >= 11 is 0. The first-order valence-corrected chi connectivity index (χ1v) is 5.91. The van der Waals surface area contributed by atoms with Crippen LogP contribution in [0.1, 0.15) is 24.8 Å². The average Bonchev–Trinajstić information content (AvgIpc) is 2.32. The molecule has 1 aromatic carbocycles. The Bertz CT molecular complexity index is 384. The molecule has 2 rings (SSSR count). The molecule has 1 N–H and O–H groups in total. The van der Waals surface area contributed by atoms with E-state index in [-0.39, 0.29) is 5.82 Å². The number of halogens is 1. The fourth-order valence-corrected chi connectivity index (χ4v) is 2.07. The van der Waals surface area contributed by atoms with E-state index in [2.05, 4.69) is 17.5 Å². The van der Waals surface area contributed by atoms with Gasteiger partial charge in [0.15, 0.2) is 0 Å². The highest BCUT2D eigenvalue weighted by molar-refractivity contribution is 5.47. The van der Waals surface area contributed by atoms with Crippen molar-refractivity contribution in [1.82, 2.24) is 0 Å². The Balaban J connectivity index is 1.93. The molecule has 0 aromatic heterocycles. The fraction of sp³-hybridized carbons (Fsp3) is 0.429. The van der Waals surface area contributed by atoms with Crippen molar-refractivity contribution < 1.29 is 4.39 Å². The van der Waals surface area contributed by atoms with Gasteiger partial charge in [0.1, 0.15) is 5.82 Å². The second-order valence-corrected chi connectivity index (χ2v) is 4.51. The second kappa shape index (κ2) is 5.15. The SMILES string of the molecule is Cc1ccc(F)c(NCC2CC=CCC2)c1. The van der Waals surface area contributed by atoms with Gasteiger partial charge in [-0.05, 0) is 49.8 Å². The van der Waals surface area contributed by atoms with E-state index in [1.54, 1.807) is 6.07 Å². The lowest BCUT2D eigenvalue weighted by Crippen LogP contribution is -2.16. The Hall–Kier alpha value is -1.31. The third-order valence-corrected chi connectivity index (χ3v) is 3.08. The Labute approximate surface area is 96.4 Å². The molecule has 1 atom stereocenters. The van der Waals surface area contributed by atoms with E-state index in [0.29, 0.717) is 11.6 Å². The van der Waals surface area contributed by atoms with Crippen LogP contribution in [0, 0.1) is 18.7 Å². The molecule has 1 aliphatic rings. The molecule has 0 saturated heterocycles. The molecule has 86 valence electrons. The van der Waals surface area contributed by atoms with Crippen LogP contribution in [-0.4, -0.2) is 6.54 Å². The number of allylic oxidation sites excluding steroid dienone is 2.